The van der Waals surface area contributed by atoms with Crippen molar-refractivity contribution in [2.75, 3.05) is 5.32 Å². The first-order valence-electron chi connectivity index (χ1n) is 7.84. The molecular weight excluding hydrogens is 320 g/mol. The van der Waals surface area contributed by atoms with Gasteiger partial charge in [-0.2, -0.15) is 5.26 Å². The van der Waals surface area contributed by atoms with Crippen molar-refractivity contribution in [1.82, 2.24) is 0 Å². The lowest BCUT2D eigenvalue weighted by atomic mass is 10.2. The molecule has 1 heterocycles. The standard InChI is InChI=1S/C19H16N2O4/c1-11-8-16(11)17-7-6-15(25-17)9-13(10-20)18(22)21-14-4-2-12(3-5-14)19(23)24/h2-7,9,11,16H,8H2,1H3,(H,21,22)(H,23,24)/b13-9+. The van der Waals surface area contributed by atoms with E-state index in [2.05, 4.69) is 12.2 Å². The Hall–Kier alpha value is -3.33. The topological polar surface area (TPSA) is 103 Å². The van der Waals surface area contributed by atoms with E-state index in [-0.39, 0.29) is 11.1 Å². The molecule has 3 rings (SSSR count). The minimum Gasteiger partial charge on any atom is -0.478 e. The monoisotopic (exact) mass is 336 g/mol. The highest BCUT2D eigenvalue weighted by Crippen LogP contribution is 2.47. The number of aromatic carboxylic acids is 1. The third-order valence-electron chi connectivity index (χ3n) is 4.16. The lowest BCUT2D eigenvalue weighted by molar-refractivity contribution is -0.112. The Balaban J connectivity index is 1.71. The Morgan fingerprint density at radius 3 is 2.52 bits per heavy atom. The SMILES string of the molecule is CC1CC1c1ccc(/C=C(\C#N)C(=O)Nc2ccc(C(=O)O)cc2)o1. The van der Waals surface area contributed by atoms with Gasteiger partial charge in [0, 0.05) is 17.7 Å². The van der Waals surface area contributed by atoms with Gasteiger partial charge in [0.15, 0.2) is 0 Å². The zero-order valence-electron chi connectivity index (χ0n) is 13.5. The Labute approximate surface area is 144 Å². The number of rotatable bonds is 5. The van der Waals surface area contributed by atoms with E-state index in [0.717, 1.165) is 12.2 Å². The molecule has 0 radical (unpaired) electrons. The highest BCUT2D eigenvalue weighted by molar-refractivity contribution is 6.09. The summed E-state index contributed by atoms with van der Waals surface area (Å²) >= 11 is 0. The summed E-state index contributed by atoms with van der Waals surface area (Å²) in [6.45, 7) is 2.15. The van der Waals surface area contributed by atoms with Crippen LogP contribution in [0.15, 0.2) is 46.4 Å². The molecule has 0 aliphatic heterocycles. The fraction of sp³-hybridized carbons (Fsp3) is 0.211. The summed E-state index contributed by atoms with van der Waals surface area (Å²) in [7, 11) is 0. The molecule has 1 saturated carbocycles. The molecule has 1 aromatic heterocycles. The molecule has 0 saturated heterocycles. The van der Waals surface area contributed by atoms with Gasteiger partial charge in [0.2, 0.25) is 0 Å². The number of benzene rings is 1. The number of nitriles is 1. The molecule has 1 aromatic carbocycles. The Kier molecular flexibility index (Phi) is 4.40. The van der Waals surface area contributed by atoms with Gasteiger partial charge in [-0.25, -0.2) is 4.79 Å². The van der Waals surface area contributed by atoms with Gasteiger partial charge in [-0.1, -0.05) is 6.92 Å². The predicted molar refractivity (Wildman–Crippen MR) is 90.9 cm³/mol. The number of furan rings is 1. The highest BCUT2D eigenvalue weighted by atomic mass is 16.4. The summed E-state index contributed by atoms with van der Waals surface area (Å²) in [5.41, 5.74) is 0.432. The number of anilines is 1. The van der Waals surface area contributed by atoms with Crippen LogP contribution in [0.25, 0.3) is 6.08 Å². The predicted octanol–water partition coefficient (Wildman–Crippen LogP) is 3.65. The number of hydrogen-bond acceptors (Lipinski definition) is 4. The summed E-state index contributed by atoms with van der Waals surface area (Å²) in [5.74, 6) is 0.741. The van der Waals surface area contributed by atoms with Crippen LogP contribution in [0.4, 0.5) is 5.69 Å². The van der Waals surface area contributed by atoms with Crippen LogP contribution in [-0.4, -0.2) is 17.0 Å². The molecule has 2 atom stereocenters. The molecule has 2 unspecified atom stereocenters. The van der Waals surface area contributed by atoms with Gasteiger partial charge in [-0.3, -0.25) is 4.79 Å². The highest BCUT2D eigenvalue weighted by Gasteiger charge is 2.36. The van der Waals surface area contributed by atoms with Crippen molar-refractivity contribution in [1.29, 1.82) is 5.26 Å². The van der Waals surface area contributed by atoms with Crippen molar-refractivity contribution in [3.8, 4) is 6.07 Å². The molecule has 6 heteroatoms. The van der Waals surface area contributed by atoms with Crippen molar-refractivity contribution < 1.29 is 19.1 Å². The van der Waals surface area contributed by atoms with Gasteiger partial charge in [-0.05, 0) is 48.7 Å². The van der Waals surface area contributed by atoms with Gasteiger partial charge in [0.25, 0.3) is 5.91 Å². The normalized spacial score (nSPS) is 19.1. The van der Waals surface area contributed by atoms with E-state index in [1.807, 2.05) is 12.1 Å². The molecule has 1 aliphatic rings. The zero-order chi connectivity index (χ0) is 18.0. The summed E-state index contributed by atoms with van der Waals surface area (Å²) < 4.78 is 5.68. The minimum atomic E-state index is -1.05. The van der Waals surface area contributed by atoms with Crippen LogP contribution in [0.5, 0.6) is 0 Å². The van der Waals surface area contributed by atoms with E-state index >= 15 is 0 Å². The third-order valence-corrected chi connectivity index (χ3v) is 4.16. The number of carboxylic acid groups (broad SMARTS) is 1. The van der Waals surface area contributed by atoms with Crippen LogP contribution in [-0.2, 0) is 4.79 Å². The number of carbonyl (C=O) groups excluding carboxylic acids is 1. The largest absolute Gasteiger partial charge is 0.478 e. The van der Waals surface area contributed by atoms with E-state index in [1.165, 1.54) is 30.3 Å². The van der Waals surface area contributed by atoms with Crippen LogP contribution in [0, 0.1) is 17.2 Å². The van der Waals surface area contributed by atoms with Crippen molar-refractivity contribution in [3.05, 3.63) is 59.1 Å². The second-order valence-corrected chi connectivity index (χ2v) is 6.07. The molecular formula is C19H16N2O4. The Bertz CT molecular complexity index is 887. The number of carbonyl (C=O) groups is 2. The number of amides is 1. The second kappa shape index (κ2) is 6.65. The van der Waals surface area contributed by atoms with Crippen molar-refractivity contribution in [3.63, 3.8) is 0 Å². The quantitative estimate of drug-likeness (QED) is 0.641. The number of nitrogens with zero attached hydrogens (tertiary/aromatic N) is 1. The van der Waals surface area contributed by atoms with Crippen molar-refractivity contribution >= 4 is 23.6 Å². The second-order valence-electron chi connectivity index (χ2n) is 6.07. The molecule has 1 amide bonds. The average molecular weight is 336 g/mol. The van der Waals surface area contributed by atoms with Gasteiger partial charge in [-0.15, -0.1) is 0 Å². The fourth-order valence-electron chi connectivity index (χ4n) is 2.55. The lowest BCUT2D eigenvalue weighted by Gasteiger charge is -2.04. The molecule has 1 fully saturated rings. The van der Waals surface area contributed by atoms with Crippen LogP contribution in [0.2, 0.25) is 0 Å². The number of nitrogens with one attached hydrogen (secondary N) is 1. The van der Waals surface area contributed by atoms with Crippen LogP contribution in [0.1, 0.15) is 41.1 Å². The van der Waals surface area contributed by atoms with Crippen LogP contribution >= 0.6 is 0 Å². The van der Waals surface area contributed by atoms with E-state index in [0.29, 0.717) is 23.3 Å². The zero-order valence-corrected chi connectivity index (χ0v) is 13.5. The van der Waals surface area contributed by atoms with Crippen LogP contribution in [0.3, 0.4) is 0 Å². The first-order chi connectivity index (χ1) is 12.0. The molecule has 1 aliphatic carbocycles. The van der Waals surface area contributed by atoms with E-state index < -0.39 is 11.9 Å². The molecule has 0 bridgehead atoms. The lowest BCUT2D eigenvalue weighted by Crippen LogP contribution is -2.13. The number of carboxylic acids is 1. The maximum Gasteiger partial charge on any atom is 0.335 e. The van der Waals surface area contributed by atoms with Gasteiger partial charge in [0.1, 0.15) is 23.2 Å². The maximum absolute atomic E-state index is 12.2. The van der Waals surface area contributed by atoms with Gasteiger partial charge < -0.3 is 14.8 Å². The first-order valence-corrected chi connectivity index (χ1v) is 7.84. The summed E-state index contributed by atoms with van der Waals surface area (Å²) in [6, 6.07) is 11.2. The smallest absolute Gasteiger partial charge is 0.335 e. The Morgan fingerprint density at radius 2 is 1.96 bits per heavy atom. The molecule has 25 heavy (non-hydrogen) atoms. The van der Waals surface area contributed by atoms with E-state index in [4.69, 9.17) is 9.52 Å². The van der Waals surface area contributed by atoms with Crippen molar-refractivity contribution in [2.24, 2.45) is 5.92 Å². The summed E-state index contributed by atoms with van der Waals surface area (Å²) in [6.07, 6.45) is 2.49. The molecule has 126 valence electrons. The fourth-order valence-corrected chi connectivity index (χ4v) is 2.55. The van der Waals surface area contributed by atoms with Gasteiger partial charge in [0.05, 0.1) is 5.56 Å². The van der Waals surface area contributed by atoms with E-state index in [1.54, 1.807) is 6.07 Å². The third kappa shape index (κ3) is 3.78. The first kappa shape index (κ1) is 16.5. The molecule has 6 nitrogen and oxygen atoms in total. The maximum atomic E-state index is 12.2. The summed E-state index contributed by atoms with van der Waals surface area (Å²) in [5, 5.41) is 20.6. The molecule has 2 aromatic rings. The minimum absolute atomic E-state index is 0.0907. The van der Waals surface area contributed by atoms with E-state index in [9.17, 15) is 14.9 Å². The Morgan fingerprint density at radius 1 is 1.28 bits per heavy atom. The average Bonchev–Trinajstić information content (AvgIpc) is 3.14. The van der Waals surface area contributed by atoms with Crippen molar-refractivity contribution in [2.45, 2.75) is 19.3 Å². The van der Waals surface area contributed by atoms with Crippen LogP contribution < -0.4 is 5.32 Å². The number of hydrogen-bond donors (Lipinski definition) is 2. The molecule has 0 spiro atoms. The summed E-state index contributed by atoms with van der Waals surface area (Å²) in [4.78, 5) is 23.0. The van der Waals surface area contributed by atoms with Gasteiger partial charge >= 0.3 is 5.97 Å². The molecule has 2 N–H and O–H groups in total.